The molecule has 2 aliphatic rings. The number of morpholine rings is 1. The number of sulfonamides is 1. The van der Waals surface area contributed by atoms with Crippen molar-refractivity contribution in [3.8, 4) is 0 Å². The molecule has 0 bridgehead atoms. The van der Waals surface area contributed by atoms with E-state index < -0.39 is 10.0 Å². The molecule has 5 nitrogen and oxygen atoms in total. The zero-order valence-corrected chi connectivity index (χ0v) is 13.3. The number of hydrogen-bond donors (Lipinski definition) is 0. The second kappa shape index (κ2) is 5.68. The summed E-state index contributed by atoms with van der Waals surface area (Å²) in [7, 11) is -1.43. The molecule has 2 atom stereocenters. The van der Waals surface area contributed by atoms with Crippen LogP contribution >= 0.6 is 0 Å². The summed E-state index contributed by atoms with van der Waals surface area (Å²) >= 11 is 0. The van der Waals surface area contributed by atoms with Gasteiger partial charge in [-0.1, -0.05) is 18.2 Å². The van der Waals surface area contributed by atoms with Gasteiger partial charge in [-0.05, 0) is 32.0 Å². The summed E-state index contributed by atoms with van der Waals surface area (Å²) in [4.78, 5) is 2.59. The zero-order chi connectivity index (χ0) is 15.0. The molecular formula is C15H22N2O3S. The van der Waals surface area contributed by atoms with Crippen LogP contribution in [-0.4, -0.2) is 63.1 Å². The lowest BCUT2D eigenvalue weighted by Crippen LogP contribution is -2.60. The maximum atomic E-state index is 13.0. The number of rotatable bonds is 2. The van der Waals surface area contributed by atoms with E-state index in [0.717, 1.165) is 25.1 Å². The quantitative estimate of drug-likeness (QED) is 0.820. The van der Waals surface area contributed by atoms with Crippen molar-refractivity contribution < 1.29 is 13.2 Å². The van der Waals surface area contributed by atoms with E-state index in [2.05, 4.69) is 4.90 Å². The third-order valence-electron chi connectivity index (χ3n) is 4.42. The van der Waals surface area contributed by atoms with Crippen LogP contribution < -0.4 is 0 Å². The molecule has 2 saturated heterocycles. The van der Waals surface area contributed by atoms with Gasteiger partial charge in [-0.25, -0.2) is 8.42 Å². The molecule has 0 spiro atoms. The molecule has 0 aromatic heterocycles. The number of fused-ring (bicyclic) bond motifs is 1. The average Bonchev–Trinajstić information content (AvgIpc) is 2.46. The molecule has 6 heteroatoms. The lowest BCUT2D eigenvalue weighted by atomic mass is 10.0. The van der Waals surface area contributed by atoms with Gasteiger partial charge in [0.05, 0.1) is 23.6 Å². The maximum Gasteiger partial charge on any atom is 0.243 e. The van der Waals surface area contributed by atoms with Crippen molar-refractivity contribution >= 4 is 10.0 Å². The van der Waals surface area contributed by atoms with Gasteiger partial charge in [0, 0.05) is 19.6 Å². The number of nitrogens with zero attached hydrogens (tertiary/aromatic N) is 2. The summed E-state index contributed by atoms with van der Waals surface area (Å²) in [5, 5.41) is 0. The fraction of sp³-hybridized carbons (Fsp3) is 0.600. The summed E-state index contributed by atoms with van der Waals surface area (Å²) in [6, 6.07) is 7.11. The molecule has 1 aromatic rings. The molecular weight excluding hydrogens is 288 g/mol. The highest BCUT2D eigenvalue weighted by Crippen LogP contribution is 2.29. The molecule has 3 rings (SSSR count). The standard InChI is InChI=1S/C15H22N2O3S/c1-12-5-3-4-6-15(12)21(18,19)17-9-10-20-14-7-8-16(2)11-13(14)17/h3-6,13-14H,7-11H2,1-2H3. The van der Waals surface area contributed by atoms with Gasteiger partial charge in [-0.2, -0.15) is 4.31 Å². The smallest absolute Gasteiger partial charge is 0.243 e. The van der Waals surface area contributed by atoms with Gasteiger partial charge in [0.15, 0.2) is 0 Å². The third kappa shape index (κ3) is 2.73. The van der Waals surface area contributed by atoms with E-state index >= 15 is 0 Å². The van der Waals surface area contributed by atoms with Crippen LogP contribution in [0.15, 0.2) is 29.2 Å². The van der Waals surface area contributed by atoms with Gasteiger partial charge >= 0.3 is 0 Å². The van der Waals surface area contributed by atoms with Crippen LogP contribution in [0.4, 0.5) is 0 Å². The molecule has 2 heterocycles. The largest absolute Gasteiger partial charge is 0.375 e. The van der Waals surface area contributed by atoms with E-state index in [1.54, 1.807) is 16.4 Å². The second-order valence-corrected chi connectivity index (χ2v) is 7.77. The minimum Gasteiger partial charge on any atom is -0.375 e. The van der Waals surface area contributed by atoms with Crippen LogP contribution in [0.25, 0.3) is 0 Å². The van der Waals surface area contributed by atoms with Crippen molar-refractivity contribution in [1.29, 1.82) is 0 Å². The molecule has 2 unspecified atom stereocenters. The van der Waals surface area contributed by atoms with E-state index in [-0.39, 0.29) is 12.1 Å². The first-order valence-corrected chi connectivity index (χ1v) is 8.82. The van der Waals surface area contributed by atoms with Gasteiger partial charge in [0.1, 0.15) is 0 Å². The Morgan fingerprint density at radius 1 is 1.24 bits per heavy atom. The second-order valence-electron chi connectivity index (χ2n) is 5.91. The van der Waals surface area contributed by atoms with E-state index in [0.29, 0.717) is 18.0 Å². The molecule has 0 amide bonds. The summed E-state index contributed by atoms with van der Waals surface area (Å²) in [5.74, 6) is 0. The molecule has 21 heavy (non-hydrogen) atoms. The van der Waals surface area contributed by atoms with Gasteiger partial charge in [0.2, 0.25) is 10.0 Å². The van der Waals surface area contributed by atoms with Gasteiger partial charge in [-0.3, -0.25) is 0 Å². The Morgan fingerprint density at radius 2 is 2.00 bits per heavy atom. The number of hydrogen-bond acceptors (Lipinski definition) is 4. The minimum atomic E-state index is -3.46. The Labute approximate surface area is 126 Å². The van der Waals surface area contributed by atoms with Gasteiger partial charge < -0.3 is 9.64 Å². The molecule has 116 valence electrons. The van der Waals surface area contributed by atoms with Crippen LogP contribution in [-0.2, 0) is 14.8 Å². The highest BCUT2D eigenvalue weighted by atomic mass is 32.2. The fourth-order valence-electron chi connectivity index (χ4n) is 3.27. The van der Waals surface area contributed by atoms with Crippen molar-refractivity contribution in [2.45, 2.75) is 30.4 Å². The van der Waals surface area contributed by atoms with Crippen molar-refractivity contribution in [3.63, 3.8) is 0 Å². The third-order valence-corrected chi connectivity index (χ3v) is 6.50. The average molecular weight is 310 g/mol. The summed E-state index contributed by atoms with van der Waals surface area (Å²) in [5.41, 5.74) is 0.796. The number of aryl methyl sites for hydroxylation is 1. The molecule has 0 aliphatic carbocycles. The summed E-state index contributed by atoms with van der Waals surface area (Å²) < 4.78 is 33.5. The van der Waals surface area contributed by atoms with E-state index in [9.17, 15) is 8.42 Å². The lowest BCUT2D eigenvalue weighted by Gasteiger charge is -2.45. The van der Waals surface area contributed by atoms with Crippen molar-refractivity contribution in [3.05, 3.63) is 29.8 Å². The Bertz CT molecular complexity index is 617. The molecule has 0 saturated carbocycles. The molecule has 0 radical (unpaired) electrons. The Morgan fingerprint density at radius 3 is 2.76 bits per heavy atom. The number of piperidine rings is 1. The predicted octanol–water partition coefficient (Wildman–Crippen LogP) is 1.09. The van der Waals surface area contributed by atoms with Crippen LogP contribution in [0.3, 0.4) is 0 Å². The van der Waals surface area contributed by atoms with Crippen LogP contribution in [0.5, 0.6) is 0 Å². The number of benzene rings is 1. The molecule has 1 aromatic carbocycles. The molecule has 2 aliphatic heterocycles. The zero-order valence-electron chi connectivity index (χ0n) is 12.5. The summed E-state index contributed by atoms with van der Waals surface area (Å²) in [6.07, 6.45) is 0.912. The Hall–Kier alpha value is -0.950. The topological polar surface area (TPSA) is 49.9 Å². The first kappa shape index (κ1) is 15.0. The van der Waals surface area contributed by atoms with E-state index in [1.807, 2.05) is 26.1 Å². The fourth-order valence-corrected chi connectivity index (χ4v) is 5.12. The normalized spacial score (nSPS) is 28.3. The van der Waals surface area contributed by atoms with Crippen molar-refractivity contribution in [2.75, 3.05) is 33.3 Å². The van der Waals surface area contributed by atoms with Crippen LogP contribution in [0.2, 0.25) is 0 Å². The lowest BCUT2D eigenvalue weighted by molar-refractivity contribution is -0.0719. The minimum absolute atomic E-state index is 0.0220. The number of likely N-dealkylation sites (tertiary alicyclic amines) is 1. The first-order valence-electron chi connectivity index (χ1n) is 7.38. The monoisotopic (exact) mass is 310 g/mol. The molecule has 2 fully saturated rings. The Balaban J connectivity index is 1.96. The highest BCUT2D eigenvalue weighted by molar-refractivity contribution is 7.89. The van der Waals surface area contributed by atoms with Crippen molar-refractivity contribution in [1.82, 2.24) is 9.21 Å². The maximum absolute atomic E-state index is 13.0. The molecule has 0 N–H and O–H groups in total. The van der Waals surface area contributed by atoms with Crippen LogP contribution in [0, 0.1) is 6.92 Å². The predicted molar refractivity (Wildman–Crippen MR) is 80.7 cm³/mol. The summed E-state index contributed by atoms with van der Waals surface area (Å²) in [6.45, 7) is 4.45. The van der Waals surface area contributed by atoms with Gasteiger partial charge in [0.25, 0.3) is 0 Å². The highest BCUT2D eigenvalue weighted by Gasteiger charge is 2.42. The number of ether oxygens (including phenoxy) is 1. The first-order chi connectivity index (χ1) is 10.00. The van der Waals surface area contributed by atoms with Gasteiger partial charge in [-0.15, -0.1) is 0 Å². The van der Waals surface area contributed by atoms with E-state index in [1.165, 1.54) is 0 Å². The Kier molecular flexibility index (Phi) is 4.05. The van der Waals surface area contributed by atoms with Crippen LogP contribution in [0.1, 0.15) is 12.0 Å². The van der Waals surface area contributed by atoms with Crippen molar-refractivity contribution in [2.24, 2.45) is 0 Å². The SMILES string of the molecule is Cc1ccccc1S(=O)(=O)N1CCOC2CCN(C)CC21. The van der Waals surface area contributed by atoms with E-state index in [4.69, 9.17) is 4.74 Å². The number of likely N-dealkylation sites (N-methyl/N-ethyl adjacent to an activating group) is 1.